The van der Waals surface area contributed by atoms with Gasteiger partial charge >= 0.3 is 0 Å². The van der Waals surface area contributed by atoms with Gasteiger partial charge in [-0.2, -0.15) is 11.5 Å². The van der Waals surface area contributed by atoms with E-state index in [9.17, 15) is 48.6 Å². The SMILES string of the molecule is C[C@@H](O)[C@H](NC(=O)[C@H](CCCCN)NC(=O)[C@@H](Cc1c[nH]c2ccccc12)NC(=O)[C@H](Cc1c[nH]c2ccccc12)NC(=O)[C@H](Cc1ccccc1)NC(=O)[C@@H](N)C[S-])C(=O)N[C@@H](Cc1ccccc1)C(=O)NC(C(N)=O)[C@H](C[S-])C(=O)[O-].[O-2].[Re]. The molecule has 0 aliphatic heterocycles. The molecule has 1 radical (unpaired) electrons. The van der Waals surface area contributed by atoms with E-state index in [-0.39, 0.29) is 76.7 Å². The number of hydrogen-bond donors (Lipinski definition) is 13. The van der Waals surface area contributed by atoms with E-state index in [1.165, 1.54) is 6.92 Å². The first-order chi connectivity index (χ1) is 39.8. The Morgan fingerprint density at radius 2 is 0.918 bits per heavy atom. The van der Waals surface area contributed by atoms with Crippen molar-refractivity contribution in [2.45, 2.75) is 106 Å². The largest absolute Gasteiger partial charge is 2.00 e. The number of primary amides is 1. The Morgan fingerprint density at radius 1 is 0.529 bits per heavy atom. The predicted molar refractivity (Wildman–Crippen MR) is 313 cm³/mol. The van der Waals surface area contributed by atoms with Crippen LogP contribution in [0, 0.1) is 5.92 Å². The molecule has 16 N–H and O–H groups in total. The van der Waals surface area contributed by atoms with Gasteiger partial charge in [0.05, 0.1) is 12.1 Å². The van der Waals surface area contributed by atoms with E-state index in [1.807, 2.05) is 42.5 Å². The number of carboxylic acids is 1. The summed E-state index contributed by atoms with van der Waals surface area (Å²) < 4.78 is 0. The minimum atomic E-state index is -1.84. The molecule has 24 nitrogen and oxygen atoms in total. The number of aromatic amines is 2. The maximum atomic E-state index is 15.1. The number of carboxylic acid groups (broad SMARTS) is 1. The van der Waals surface area contributed by atoms with Crippen LogP contribution in [0.25, 0.3) is 21.8 Å². The molecule has 0 saturated carbocycles. The summed E-state index contributed by atoms with van der Waals surface area (Å²) >= 11 is 9.94. The molecule has 0 spiro atoms. The number of H-pyrrole nitrogens is 2. The van der Waals surface area contributed by atoms with Crippen LogP contribution in [0.2, 0.25) is 0 Å². The van der Waals surface area contributed by atoms with Gasteiger partial charge in [0, 0.05) is 92.2 Å². The molecule has 0 aliphatic carbocycles. The number of hydrogen-bond acceptors (Lipinski definition) is 15. The molecule has 4 aromatic carbocycles. The number of rotatable bonds is 32. The van der Waals surface area contributed by atoms with Crippen molar-refractivity contribution in [2.75, 3.05) is 18.1 Å². The van der Waals surface area contributed by atoms with Crippen LogP contribution >= 0.6 is 0 Å². The standard InChI is InChI=1S/C58H72N12O11S2.O.Re/c1-32(71)48(57(79)68-45(25-34-16-6-3-7-17-34)56(78)70-49(50(61)72)39(30-82)58(80)81)69-52(74)43(22-12-13-23-59)64-54(76)46(26-35-28-62-41-20-10-8-18-37(35)41)67-55(77)47(27-36-29-63-42-21-11-9-19-38(36)42)66-53(75)44(65-51(73)40(60)31-83)24-33-14-4-2-5-15-33;;/h2-11,14-21,28-29,32,39-40,43-49,62-63,71,82-83H,12-13,22-27,30-31,59-60H2,1H3,(H2,61,72)(H,64,76)(H,65,73)(H,66,75)(H,67,77)(H,68,79)(H,69,74)(H,70,78)(H,80,81);;/q;-2;/p-3/t32-,39+,40+,43+,44+,45+,46-,47+,48+,49?;;/m1../s1. The van der Waals surface area contributed by atoms with Crippen molar-refractivity contribution in [2.24, 2.45) is 23.1 Å². The van der Waals surface area contributed by atoms with Crippen LogP contribution < -0.4 is 59.5 Å². The van der Waals surface area contributed by atoms with Gasteiger partial charge in [0.15, 0.2) is 0 Å². The van der Waals surface area contributed by atoms with Crippen molar-refractivity contribution in [3.63, 3.8) is 0 Å². The number of aliphatic hydroxyl groups is 1. The first-order valence-corrected chi connectivity index (χ1v) is 28.1. The average Bonchev–Trinajstić information content (AvgIpc) is 3.11. The van der Waals surface area contributed by atoms with Gasteiger partial charge in [-0.3, -0.25) is 38.4 Å². The number of aliphatic hydroxyl groups excluding tert-OH is 1. The van der Waals surface area contributed by atoms with Gasteiger partial charge in [0.1, 0.15) is 42.3 Å². The van der Waals surface area contributed by atoms with Crippen LogP contribution in [-0.4, -0.2) is 141 Å². The number of unbranched alkanes of at least 4 members (excludes halogenated alkanes) is 1. The summed E-state index contributed by atoms with van der Waals surface area (Å²) in [5, 5.41) is 42.8. The average molecular weight is 1380 g/mol. The number of para-hydroxylation sites is 2. The van der Waals surface area contributed by atoms with Crippen molar-refractivity contribution in [3.05, 3.63) is 144 Å². The molecule has 0 saturated heterocycles. The summed E-state index contributed by atoms with van der Waals surface area (Å²) in [7, 11) is 0. The molecule has 2 heterocycles. The van der Waals surface area contributed by atoms with Crippen molar-refractivity contribution < 1.29 is 79.3 Å². The van der Waals surface area contributed by atoms with E-state index in [1.54, 1.807) is 79.1 Å². The van der Waals surface area contributed by atoms with Crippen molar-refractivity contribution >= 4 is 100 Å². The summed E-state index contributed by atoms with van der Waals surface area (Å²) in [5.41, 5.74) is 21.2. The number of carbonyl (C=O) groups is 9. The molecule has 0 fully saturated rings. The number of nitrogens with one attached hydrogen (secondary N) is 9. The molecule has 0 aliphatic rings. The van der Waals surface area contributed by atoms with Gasteiger partial charge in [0.2, 0.25) is 47.3 Å². The molecule has 27 heteroatoms. The zero-order valence-electron chi connectivity index (χ0n) is 46.3. The van der Waals surface area contributed by atoms with Gasteiger partial charge in [-0.15, -0.1) is 0 Å². The Hall–Kier alpha value is -7.61. The zero-order chi connectivity index (χ0) is 60.2. The fourth-order valence-electron chi connectivity index (χ4n) is 9.36. The Labute approximate surface area is 515 Å². The third kappa shape index (κ3) is 20.0. The maximum absolute atomic E-state index is 15.1. The monoisotopic (exact) mass is 1380 g/mol. The van der Waals surface area contributed by atoms with Crippen LogP contribution in [0.5, 0.6) is 0 Å². The Bertz CT molecular complexity index is 3210. The van der Waals surface area contributed by atoms with Crippen molar-refractivity contribution in [1.29, 1.82) is 0 Å². The van der Waals surface area contributed by atoms with Crippen molar-refractivity contribution in [3.8, 4) is 0 Å². The topological polar surface area (TPSA) is 419 Å². The van der Waals surface area contributed by atoms with Gasteiger partial charge in [-0.05, 0) is 67.1 Å². The van der Waals surface area contributed by atoms with Gasteiger partial charge < -0.3 is 110 Å². The third-order valence-corrected chi connectivity index (χ3v) is 14.7. The van der Waals surface area contributed by atoms with E-state index >= 15 is 4.79 Å². The normalized spacial score (nSPS) is 14.6. The molecule has 2 aromatic heterocycles. The first-order valence-electron chi connectivity index (χ1n) is 26.9. The summed E-state index contributed by atoms with van der Waals surface area (Å²) in [6, 6.07) is 19.8. The van der Waals surface area contributed by atoms with E-state index < -0.39 is 119 Å². The quantitative estimate of drug-likeness (QED) is 0.0160. The summed E-state index contributed by atoms with van der Waals surface area (Å²) in [5.74, 6) is -11.6. The Kier molecular flexibility index (Phi) is 28.3. The van der Waals surface area contributed by atoms with Gasteiger partial charge in [-0.1, -0.05) is 97.1 Å². The molecular formula is C58H69N12O12ReS2-5. The minimum Gasteiger partial charge on any atom is -2.00 e. The molecule has 457 valence electrons. The fourth-order valence-corrected chi connectivity index (χ4v) is 9.84. The Balaban J connectivity index is 0.00000774. The van der Waals surface area contributed by atoms with E-state index in [2.05, 4.69) is 47.2 Å². The zero-order valence-corrected chi connectivity index (χ0v) is 50.6. The smallest absolute Gasteiger partial charge is 0.245 e. The third-order valence-electron chi connectivity index (χ3n) is 13.9. The van der Waals surface area contributed by atoms with E-state index in [4.69, 9.17) is 42.5 Å². The molecule has 6 rings (SSSR count). The number of carbonyl (C=O) groups excluding carboxylic acids is 9. The maximum Gasteiger partial charge on any atom is 0.245 e. The van der Waals surface area contributed by atoms with Crippen LogP contribution in [0.3, 0.4) is 0 Å². The Morgan fingerprint density at radius 3 is 1.34 bits per heavy atom. The van der Waals surface area contributed by atoms with E-state index in [0.717, 1.165) is 16.4 Å². The molecule has 6 aromatic rings. The van der Waals surface area contributed by atoms with Crippen LogP contribution in [0.15, 0.2) is 122 Å². The number of aromatic nitrogens is 2. The molecular weight excluding hydrogens is 1310 g/mol. The molecule has 1 unspecified atom stereocenters. The molecule has 0 bridgehead atoms. The second-order valence-electron chi connectivity index (χ2n) is 20.1. The molecule has 8 amide bonds. The minimum absolute atomic E-state index is 0. The number of amides is 8. The van der Waals surface area contributed by atoms with Crippen LogP contribution in [0.4, 0.5) is 0 Å². The molecule has 10 atom stereocenters. The summed E-state index contributed by atoms with van der Waals surface area (Å²) in [6.07, 6.45) is 1.84. The van der Waals surface area contributed by atoms with Gasteiger partial charge in [0.25, 0.3) is 0 Å². The van der Waals surface area contributed by atoms with Crippen LogP contribution in [-0.2, 0) is 120 Å². The number of nitrogens with two attached hydrogens (primary N) is 3. The first kappa shape index (κ1) is 69.9. The van der Waals surface area contributed by atoms with Crippen LogP contribution in [0.1, 0.15) is 48.4 Å². The second-order valence-corrected chi connectivity index (χ2v) is 20.7. The van der Waals surface area contributed by atoms with Crippen molar-refractivity contribution in [1.82, 2.24) is 47.2 Å². The summed E-state index contributed by atoms with van der Waals surface area (Å²) in [6.45, 7) is 1.40. The second kappa shape index (κ2) is 34.4. The molecule has 85 heavy (non-hydrogen) atoms. The number of benzene rings is 4. The fraction of sp³-hybridized carbons (Fsp3) is 0.362. The predicted octanol–water partition coefficient (Wildman–Crippen LogP) is -2.03. The number of aliphatic carboxylic acids is 1. The van der Waals surface area contributed by atoms with Gasteiger partial charge in [-0.25, -0.2) is 0 Å². The number of fused-ring (bicyclic) bond motifs is 2. The van der Waals surface area contributed by atoms with E-state index in [0.29, 0.717) is 34.1 Å². The summed E-state index contributed by atoms with van der Waals surface area (Å²) in [4.78, 5) is 131.